The van der Waals surface area contributed by atoms with Crippen LogP contribution in [0.2, 0.25) is 0 Å². The number of nitrogens with one attached hydrogen (secondary N) is 1. The van der Waals surface area contributed by atoms with E-state index in [4.69, 9.17) is 0 Å². The summed E-state index contributed by atoms with van der Waals surface area (Å²) >= 11 is 0. The lowest BCUT2D eigenvalue weighted by atomic mass is 9.94. The fourth-order valence-corrected chi connectivity index (χ4v) is 1.01. The van der Waals surface area contributed by atoms with Crippen molar-refractivity contribution in [2.45, 2.75) is 33.6 Å². The quantitative estimate of drug-likeness (QED) is 0.680. The Hall–Kier alpha value is -1.06. The van der Waals surface area contributed by atoms with E-state index in [2.05, 4.69) is 23.9 Å². The van der Waals surface area contributed by atoms with Crippen molar-refractivity contribution in [1.82, 2.24) is 5.32 Å². The van der Waals surface area contributed by atoms with Crippen molar-refractivity contribution in [3.63, 3.8) is 0 Å². The van der Waals surface area contributed by atoms with Gasteiger partial charge in [-0.3, -0.25) is 9.59 Å². The first-order valence-electron chi connectivity index (χ1n) is 5.30. The molecule has 0 bridgehead atoms. The van der Waals surface area contributed by atoms with E-state index in [1.807, 2.05) is 6.92 Å². The molecule has 88 valence electrons. The van der Waals surface area contributed by atoms with Crippen molar-refractivity contribution < 1.29 is 14.3 Å². The topological polar surface area (TPSA) is 55.4 Å². The number of carbonyl (C=O) groups is 2. The summed E-state index contributed by atoms with van der Waals surface area (Å²) in [5.41, 5.74) is 0. The van der Waals surface area contributed by atoms with E-state index in [0.29, 0.717) is 24.8 Å². The molecule has 0 heterocycles. The van der Waals surface area contributed by atoms with Crippen LogP contribution in [0.15, 0.2) is 0 Å². The van der Waals surface area contributed by atoms with Crippen molar-refractivity contribution >= 4 is 11.9 Å². The molecule has 0 aromatic rings. The molecule has 0 aromatic carbocycles. The lowest BCUT2D eigenvalue weighted by Crippen LogP contribution is -2.28. The average molecular weight is 215 g/mol. The lowest BCUT2D eigenvalue weighted by Gasteiger charge is -2.14. The first-order valence-corrected chi connectivity index (χ1v) is 5.30. The van der Waals surface area contributed by atoms with E-state index in [1.165, 1.54) is 7.11 Å². The molecular formula is C11H21NO3. The predicted molar refractivity (Wildman–Crippen MR) is 58.3 cm³/mol. The van der Waals surface area contributed by atoms with Gasteiger partial charge in [0.1, 0.15) is 0 Å². The molecule has 0 radical (unpaired) electrons. The minimum Gasteiger partial charge on any atom is -0.469 e. The molecule has 0 unspecified atom stereocenters. The maximum absolute atomic E-state index is 11.4. The molecule has 1 atom stereocenters. The Morgan fingerprint density at radius 3 is 2.33 bits per heavy atom. The normalized spacial score (nSPS) is 12.3. The van der Waals surface area contributed by atoms with E-state index in [0.717, 1.165) is 0 Å². The van der Waals surface area contributed by atoms with Crippen LogP contribution in [-0.2, 0) is 14.3 Å². The highest BCUT2D eigenvalue weighted by Crippen LogP contribution is 2.13. The zero-order valence-corrected chi connectivity index (χ0v) is 10.0. The molecule has 0 fully saturated rings. The summed E-state index contributed by atoms with van der Waals surface area (Å²) in [6.07, 6.45) is 0.747. The zero-order chi connectivity index (χ0) is 11.8. The molecular weight excluding hydrogens is 194 g/mol. The summed E-state index contributed by atoms with van der Waals surface area (Å²) in [6.45, 7) is 6.58. The van der Waals surface area contributed by atoms with E-state index < -0.39 is 0 Å². The third kappa shape index (κ3) is 6.94. The van der Waals surface area contributed by atoms with Crippen LogP contribution in [0.1, 0.15) is 33.6 Å². The highest BCUT2D eigenvalue weighted by molar-refractivity contribution is 5.77. The molecule has 0 aliphatic carbocycles. The number of esters is 1. The summed E-state index contributed by atoms with van der Waals surface area (Å²) in [5.74, 6) is 0.562. The summed E-state index contributed by atoms with van der Waals surface area (Å²) in [5, 5.41) is 2.69. The molecule has 0 saturated heterocycles. The van der Waals surface area contributed by atoms with E-state index in [9.17, 15) is 9.59 Å². The molecule has 0 rings (SSSR count). The number of hydrogen-bond acceptors (Lipinski definition) is 3. The van der Waals surface area contributed by atoms with Gasteiger partial charge in [-0.1, -0.05) is 20.8 Å². The Bertz CT molecular complexity index is 214. The van der Waals surface area contributed by atoms with E-state index in [1.54, 1.807) is 0 Å². The van der Waals surface area contributed by atoms with Crippen LogP contribution in [0.3, 0.4) is 0 Å². The third-order valence-corrected chi connectivity index (χ3v) is 2.52. The highest BCUT2D eigenvalue weighted by Gasteiger charge is 2.12. The monoisotopic (exact) mass is 215 g/mol. The maximum Gasteiger partial charge on any atom is 0.307 e. The lowest BCUT2D eigenvalue weighted by molar-refractivity contribution is -0.140. The van der Waals surface area contributed by atoms with Gasteiger partial charge in [0.05, 0.1) is 13.5 Å². The summed E-state index contributed by atoms with van der Waals surface area (Å²) in [4.78, 5) is 22.1. The van der Waals surface area contributed by atoms with Crippen LogP contribution in [0.4, 0.5) is 0 Å². The molecule has 4 heteroatoms. The van der Waals surface area contributed by atoms with E-state index >= 15 is 0 Å². The number of ether oxygens (including phenoxy) is 1. The number of hydrogen-bond donors (Lipinski definition) is 1. The molecule has 0 aliphatic rings. The van der Waals surface area contributed by atoms with Crippen LogP contribution < -0.4 is 5.32 Å². The first-order chi connectivity index (χ1) is 6.97. The minimum absolute atomic E-state index is 0.0000954. The smallest absolute Gasteiger partial charge is 0.307 e. The Labute approximate surface area is 91.4 Å². The van der Waals surface area contributed by atoms with Gasteiger partial charge >= 0.3 is 5.97 Å². The van der Waals surface area contributed by atoms with Crippen LogP contribution in [0.5, 0.6) is 0 Å². The van der Waals surface area contributed by atoms with Crippen LogP contribution in [0.25, 0.3) is 0 Å². The molecule has 1 amide bonds. The number of amides is 1. The van der Waals surface area contributed by atoms with Gasteiger partial charge in [0.15, 0.2) is 0 Å². The van der Waals surface area contributed by atoms with Gasteiger partial charge in [-0.05, 0) is 11.8 Å². The fraction of sp³-hybridized carbons (Fsp3) is 0.818. The number of methoxy groups -OCH3 is 1. The van der Waals surface area contributed by atoms with Crippen LogP contribution in [0, 0.1) is 11.8 Å². The fourth-order valence-electron chi connectivity index (χ4n) is 1.01. The molecule has 0 aliphatic heterocycles. The Kier molecular flexibility index (Phi) is 6.75. The second-order valence-electron chi connectivity index (χ2n) is 4.10. The number of rotatable bonds is 6. The molecule has 1 N–H and O–H groups in total. The zero-order valence-electron chi connectivity index (χ0n) is 10.0. The van der Waals surface area contributed by atoms with Crippen molar-refractivity contribution in [1.29, 1.82) is 0 Å². The second-order valence-corrected chi connectivity index (χ2v) is 4.10. The molecule has 0 aromatic heterocycles. The maximum atomic E-state index is 11.4. The molecule has 4 nitrogen and oxygen atoms in total. The Balaban J connectivity index is 3.62. The van der Waals surface area contributed by atoms with Crippen LogP contribution >= 0.6 is 0 Å². The summed E-state index contributed by atoms with van der Waals surface area (Å²) < 4.78 is 4.46. The van der Waals surface area contributed by atoms with Gasteiger partial charge in [-0.25, -0.2) is 0 Å². The summed E-state index contributed by atoms with van der Waals surface area (Å²) in [7, 11) is 1.34. The van der Waals surface area contributed by atoms with Gasteiger partial charge in [0.2, 0.25) is 5.91 Å². The third-order valence-electron chi connectivity index (χ3n) is 2.52. The van der Waals surface area contributed by atoms with Gasteiger partial charge in [-0.15, -0.1) is 0 Å². The van der Waals surface area contributed by atoms with Gasteiger partial charge < -0.3 is 10.1 Å². The van der Waals surface area contributed by atoms with Gasteiger partial charge in [0.25, 0.3) is 0 Å². The molecule has 15 heavy (non-hydrogen) atoms. The van der Waals surface area contributed by atoms with Crippen molar-refractivity contribution in [3.8, 4) is 0 Å². The van der Waals surface area contributed by atoms with Crippen molar-refractivity contribution in [2.24, 2.45) is 11.8 Å². The van der Waals surface area contributed by atoms with Crippen LogP contribution in [-0.4, -0.2) is 25.5 Å². The largest absolute Gasteiger partial charge is 0.469 e. The van der Waals surface area contributed by atoms with E-state index in [-0.39, 0.29) is 18.3 Å². The molecule has 0 saturated carbocycles. The Morgan fingerprint density at radius 1 is 1.27 bits per heavy atom. The van der Waals surface area contributed by atoms with Crippen molar-refractivity contribution in [2.75, 3.05) is 13.7 Å². The Morgan fingerprint density at radius 2 is 1.87 bits per heavy atom. The average Bonchev–Trinajstić information content (AvgIpc) is 2.17. The van der Waals surface area contributed by atoms with Gasteiger partial charge in [0, 0.05) is 13.0 Å². The van der Waals surface area contributed by atoms with Gasteiger partial charge in [-0.2, -0.15) is 0 Å². The van der Waals surface area contributed by atoms with Crippen molar-refractivity contribution in [3.05, 3.63) is 0 Å². The highest BCUT2D eigenvalue weighted by atomic mass is 16.5. The number of carbonyl (C=O) groups excluding carboxylic acids is 2. The molecule has 0 spiro atoms. The predicted octanol–water partition coefficient (Wildman–Crippen LogP) is 1.35. The standard InChI is InChI=1S/C11H21NO3/c1-8(2)9(3)7-10(13)12-6-5-11(14)15-4/h8-9H,5-7H2,1-4H3,(H,12,13)/t9-/m0/s1. The second kappa shape index (κ2) is 7.26. The first kappa shape index (κ1) is 13.9. The minimum atomic E-state index is -0.299. The summed E-state index contributed by atoms with van der Waals surface area (Å²) in [6, 6.07) is 0. The SMILES string of the molecule is COC(=O)CCNC(=O)C[C@H](C)C(C)C.